The van der Waals surface area contributed by atoms with Crippen molar-refractivity contribution in [3.63, 3.8) is 0 Å². The van der Waals surface area contributed by atoms with E-state index in [-0.39, 0.29) is 0 Å². The first kappa shape index (κ1) is 10.1. The molecule has 4 nitrogen and oxygen atoms in total. The van der Waals surface area contributed by atoms with Gasteiger partial charge in [0.2, 0.25) is 0 Å². The van der Waals surface area contributed by atoms with Crippen LogP contribution in [0, 0.1) is 5.92 Å². The predicted octanol–water partition coefficient (Wildman–Crippen LogP) is 0.302. The fourth-order valence-electron chi connectivity index (χ4n) is 0.965. The lowest BCUT2D eigenvalue weighted by molar-refractivity contribution is 0.598. The van der Waals surface area contributed by atoms with Crippen LogP contribution in [0.15, 0.2) is 22.2 Å². The second-order valence-corrected chi connectivity index (χ2v) is 5.12. The van der Waals surface area contributed by atoms with Crippen LogP contribution in [-0.4, -0.2) is 15.0 Å². The molecule has 0 aromatic heterocycles. The topological polar surface area (TPSA) is 72.2 Å². The van der Waals surface area contributed by atoms with Crippen molar-refractivity contribution in [2.45, 2.75) is 13.8 Å². The molecule has 1 heterocycles. The molecule has 74 valence electrons. The van der Waals surface area contributed by atoms with E-state index in [9.17, 15) is 8.42 Å². The van der Waals surface area contributed by atoms with Gasteiger partial charge < -0.3 is 11.1 Å². The van der Waals surface area contributed by atoms with Gasteiger partial charge in [0.05, 0.1) is 22.2 Å². The van der Waals surface area contributed by atoms with Gasteiger partial charge in [-0.1, -0.05) is 13.8 Å². The van der Waals surface area contributed by atoms with Gasteiger partial charge in [0.25, 0.3) is 0 Å². The highest BCUT2D eigenvalue weighted by Gasteiger charge is 2.17. The Hall–Kier alpha value is -0.970. The predicted molar refractivity (Wildman–Crippen MR) is 52.1 cm³/mol. The second-order valence-electron chi connectivity index (χ2n) is 3.47. The molecule has 13 heavy (non-hydrogen) atoms. The largest absolute Gasteiger partial charge is 0.396 e. The summed E-state index contributed by atoms with van der Waals surface area (Å²) in [6.07, 6.45) is 0. The minimum atomic E-state index is -3.20. The van der Waals surface area contributed by atoms with Gasteiger partial charge >= 0.3 is 0 Å². The molecule has 0 spiro atoms. The lowest BCUT2D eigenvalue weighted by atomic mass is 10.2. The van der Waals surface area contributed by atoms with Crippen LogP contribution in [-0.2, 0) is 9.84 Å². The molecule has 5 heteroatoms. The molecule has 0 saturated heterocycles. The minimum absolute atomic E-state index is 0.292. The summed E-state index contributed by atoms with van der Waals surface area (Å²) < 4.78 is 22.0. The van der Waals surface area contributed by atoms with E-state index in [1.807, 2.05) is 13.8 Å². The molecule has 0 unspecified atom stereocenters. The van der Waals surface area contributed by atoms with Crippen molar-refractivity contribution in [1.29, 1.82) is 0 Å². The van der Waals surface area contributed by atoms with Crippen LogP contribution < -0.4 is 11.1 Å². The van der Waals surface area contributed by atoms with Crippen molar-refractivity contribution in [2.75, 3.05) is 6.54 Å². The number of nitrogens with two attached hydrogens (primary N) is 1. The average molecular weight is 202 g/mol. The average Bonchev–Trinajstić information content (AvgIpc) is 2.20. The Morgan fingerprint density at radius 2 is 2.08 bits per heavy atom. The van der Waals surface area contributed by atoms with Crippen molar-refractivity contribution < 1.29 is 8.42 Å². The summed E-state index contributed by atoms with van der Waals surface area (Å²) in [5.41, 5.74) is 6.29. The van der Waals surface area contributed by atoms with E-state index in [1.54, 1.807) is 0 Å². The van der Waals surface area contributed by atoms with Crippen LogP contribution in [0.5, 0.6) is 0 Å². The molecule has 0 aromatic carbocycles. The summed E-state index contributed by atoms with van der Waals surface area (Å²) in [7, 11) is -3.20. The van der Waals surface area contributed by atoms with Gasteiger partial charge in [0, 0.05) is 6.54 Å². The summed E-state index contributed by atoms with van der Waals surface area (Å²) >= 11 is 0. The molecule has 1 aliphatic rings. The van der Waals surface area contributed by atoms with Crippen LogP contribution in [0.2, 0.25) is 0 Å². The lowest BCUT2D eigenvalue weighted by Gasteiger charge is -2.09. The highest BCUT2D eigenvalue weighted by molar-refractivity contribution is 7.97. The van der Waals surface area contributed by atoms with Crippen LogP contribution in [0.1, 0.15) is 13.8 Å². The molecule has 0 fully saturated rings. The van der Waals surface area contributed by atoms with Crippen molar-refractivity contribution in [2.24, 2.45) is 11.7 Å². The normalized spacial score (nSPS) is 19.9. The van der Waals surface area contributed by atoms with Crippen LogP contribution in [0.25, 0.3) is 0 Å². The monoisotopic (exact) mass is 202 g/mol. The fraction of sp³-hybridized carbons (Fsp3) is 0.500. The van der Waals surface area contributed by atoms with E-state index in [2.05, 4.69) is 5.32 Å². The van der Waals surface area contributed by atoms with Gasteiger partial charge in [-0.15, -0.1) is 0 Å². The molecule has 0 radical (unpaired) electrons. The maximum Gasteiger partial charge on any atom is 0.197 e. The molecule has 0 aliphatic carbocycles. The molecule has 0 atom stereocenters. The van der Waals surface area contributed by atoms with Gasteiger partial charge in [-0.05, 0) is 5.92 Å². The Balaban J connectivity index is 2.69. The van der Waals surface area contributed by atoms with Gasteiger partial charge in [0.15, 0.2) is 9.84 Å². The second kappa shape index (κ2) is 3.41. The maximum atomic E-state index is 11.0. The SMILES string of the molecule is CC(C)CNC1=CS(=O)(=O)C=C1N. The van der Waals surface area contributed by atoms with E-state index in [4.69, 9.17) is 5.73 Å². The van der Waals surface area contributed by atoms with Crippen LogP contribution in [0.4, 0.5) is 0 Å². The highest BCUT2D eigenvalue weighted by atomic mass is 32.2. The number of nitrogens with one attached hydrogen (secondary N) is 1. The number of rotatable bonds is 3. The lowest BCUT2D eigenvalue weighted by Crippen LogP contribution is -2.21. The Labute approximate surface area is 78.4 Å². The Morgan fingerprint density at radius 1 is 1.46 bits per heavy atom. The van der Waals surface area contributed by atoms with E-state index in [1.165, 1.54) is 0 Å². The van der Waals surface area contributed by atoms with E-state index < -0.39 is 9.84 Å². The highest BCUT2D eigenvalue weighted by Crippen LogP contribution is 2.15. The summed E-state index contributed by atoms with van der Waals surface area (Å²) in [6.45, 7) is 4.80. The quantitative estimate of drug-likeness (QED) is 0.690. The molecule has 1 rings (SSSR count). The van der Waals surface area contributed by atoms with E-state index in [0.717, 1.165) is 17.4 Å². The van der Waals surface area contributed by atoms with Crippen molar-refractivity contribution in [3.8, 4) is 0 Å². The zero-order valence-electron chi connectivity index (χ0n) is 7.74. The van der Waals surface area contributed by atoms with Gasteiger partial charge in [-0.2, -0.15) is 0 Å². The van der Waals surface area contributed by atoms with Gasteiger partial charge in [0.1, 0.15) is 0 Å². The summed E-state index contributed by atoms with van der Waals surface area (Å²) in [6, 6.07) is 0. The first-order valence-corrected chi connectivity index (χ1v) is 5.70. The first-order chi connectivity index (χ1) is 5.91. The molecule has 1 aliphatic heterocycles. The van der Waals surface area contributed by atoms with Crippen molar-refractivity contribution in [1.82, 2.24) is 5.32 Å². The Kier molecular flexibility index (Phi) is 2.66. The number of sulfone groups is 1. The standard InChI is InChI=1S/C8H14N2O2S/c1-6(2)3-10-8-5-13(11,12)4-7(8)9/h4-6,10H,3,9H2,1-2H3. The minimum Gasteiger partial charge on any atom is -0.396 e. The molecular formula is C8H14N2O2S. The fourth-order valence-corrected chi connectivity index (χ4v) is 2.06. The zero-order chi connectivity index (χ0) is 10.1. The number of hydrogen-bond acceptors (Lipinski definition) is 4. The van der Waals surface area contributed by atoms with Gasteiger partial charge in [-0.25, -0.2) is 8.42 Å². The third kappa shape index (κ3) is 2.77. The third-order valence-corrected chi connectivity index (χ3v) is 2.73. The van der Waals surface area contributed by atoms with E-state index in [0.29, 0.717) is 17.3 Å². The maximum absolute atomic E-state index is 11.0. The van der Waals surface area contributed by atoms with Gasteiger partial charge in [-0.3, -0.25) is 0 Å². The van der Waals surface area contributed by atoms with E-state index >= 15 is 0 Å². The van der Waals surface area contributed by atoms with Crippen LogP contribution >= 0.6 is 0 Å². The zero-order valence-corrected chi connectivity index (χ0v) is 8.56. The molecule has 0 amide bonds. The smallest absolute Gasteiger partial charge is 0.197 e. The van der Waals surface area contributed by atoms with Crippen LogP contribution in [0.3, 0.4) is 0 Å². The Bertz CT molecular complexity index is 352. The summed E-state index contributed by atoms with van der Waals surface area (Å²) in [5.74, 6) is 0.456. The third-order valence-electron chi connectivity index (χ3n) is 1.59. The summed E-state index contributed by atoms with van der Waals surface area (Å²) in [5, 5.41) is 5.20. The molecule has 0 bridgehead atoms. The van der Waals surface area contributed by atoms with Crippen molar-refractivity contribution >= 4 is 9.84 Å². The molecule has 0 aromatic rings. The number of hydrogen-bond donors (Lipinski definition) is 2. The molecule has 0 saturated carbocycles. The van der Waals surface area contributed by atoms with Crippen molar-refractivity contribution in [3.05, 3.63) is 22.2 Å². The molecule has 3 N–H and O–H groups in total. The Morgan fingerprint density at radius 3 is 2.46 bits per heavy atom. The molecular weight excluding hydrogens is 188 g/mol. The first-order valence-electron chi connectivity index (χ1n) is 4.09. The summed E-state index contributed by atoms with van der Waals surface area (Å²) in [4.78, 5) is 0.